The zero-order chi connectivity index (χ0) is 10.7. The van der Waals surface area contributed by atoms with E-state index in [1.165, 1.54) is 19.3 Å². The van der Waals surface area contributed by atoms with Crippen molar-refractivity contribution < 1.29 is 4.74 Å². The van der Waals surface area contributed by atoms with Gasteiger partial charge < -0.3 is 4.74 Å². The van der Waals surface area contributed by atoms with E-state index in [0.29, 0.717) is 0 Å². The van der Waals surface area contributed by atoms with Crippen LogP contribution in [0.4, 0.5) is 0 Å². The summed E-state index contributed by atoms with van der Waals surface area (Å²) < 4.78 is 5.54. The molecule has 2 rings (SSSR count). The van der Waals surface area contributed by atoms with E-state index < -0.39 is 0 Å². The lowest BCUT2D eigenvalue weighted by Gasteiger charge is -2.44. The standard InChI is InChI=1S/C12H20N2O/c1-11-9-14(7-8-15-11)12(10-13)5-3-2-4-6-12/h11H,2-9H2,1H3/t11-/m1/s1. The largest absolute Gasteiger partial charge is 0.376 e. The summed E-state index contributed by atoms with van der Waals surface area (Å²) in [5, 5.41) is 9.45. The van der Waals surface area contributed by atoms with Crippen LogP contribution in [-0.2, 0) is 4.74 Å². The van der Waals surface area contributed by atoms with Gasteiger partial charge in [-0.1, -0.05) is 19.3 Å². The molecule has 1 aliphatic heterocycles. The van der Waals surface area contributed by atoms with E-state index in [1.54, 1.807) is 0 Å². The summed E-state index contributed by atoms with van der Waals surface area (Å²) in [6.45, 7) is 4.73. The van der Waals surface area contributed by atoms with Crippen LogP contribution in [0.5, 0.6) is 0 Å². The zero-order valence-electron chi connectivity index (χ0n) is 9.54. The van der Waals surface area contributed by atoms with Gasteiger partial charge >= 0.3 is 0 Å². The fraction of sp³-hybridized carbons (Fsp3) is 0.917. The van der Waals surface area contributed by atoms with Crippen molar-refractivity contribution in [2.45, 2.75) is 50.7 Å². The van der Waals surface area contributed by atoms with Crippen molar-refractivity contribution in [3.05, 3.63) is 0 Å². The van der Waals surface area contributed by atoms with Gasteiger partial charge in [0.05, 0.1) is 18.8 Å². The van der Waals surface area contributed by atoms with Crippen LogP contribution in [0.25, 0.3) is 0 Å². The highest BCUT2D eigenvalue weighted by atomic mass is 16.5. The Morgan fingerprint density at radius 2 is 2.07 bits per heavy atom. The number of ether oxygens (including phenoxy) is 1. The molecule has 1 aliphatic carbocycles. The van der Waals surface area contributed by atoms with Gasteiger partial charge in [-0.25, -0.2) is 0 Å². The molecule has 1 saturated heterocycles. The van der Waals surface area contributed by atoms with E-state index in [-0.39, 0.29) is 11.6 Å². The predicted molar refractivity (Wildman–Crippen MR) is 58.4 cm³/mol. The molecule has 2 fully saturated rings. The van der Waals surface area contributed by atoms with Crippen LogP contribution >= 0.6 is 0 Å². The molecule has 0 amide bonds. The third-order valence-corrected chi connectivity index (χ3v) is 3.74. The molecule has 0 bridgehead atoms. The Morgan fingerprint density at radius 3 is 2.67 bits per heavy atom. The number of nitrogens with zero attached hydrogens (tertiary/aromatic N) is 2. The molecule has 1 atom stereocenters. The first-order valence-electron chi connectivity index (χ1n) is 6.05. The van der Waals surface area contributed by atoms with Gasteiger partial charge in [0.1, 0.15) is 5.54 Å². The summed E-state index contributed by atoms with van der Waals surface area (Å²) in [6.07, 6.45) is 6.10. The van der Waals surface area contributed by atoms with Gasteiger partial charge in [-0.05, 0) is 19.8 Å². The summed E-state index contributed by atoms with van der Waals surface area (Å²) in [6, 6.07) is 2.58. The van der Waals surface area contributed by atoms with Crippen LogP contribution in [0.15, 0.2) is 0 Å². The molecule has 1 heterocycles. The molecule has 0 N–H and O–H groups in total. The second-order valence-electron chi connectivity index (χ2n) is 4.83. The lowest BCUT2D eigenvalue weighted by Crippen LogP contribution is -2.55. The molecule has 3 heteroatoms. The molecule has 0 spiro atoms. The average molecular weight is 208 g/mol. The molecule has 84 valence electrons. The molecule has 2 aliphatic rings. The first-order valence-corrected chi connectivity index (χ1v) is 6.05. The summed E-state index contributed by atoms with van der Waals surface area (Å²) in [4.78, 5) is 2.36. The van der Waals surface area contributed by atoms with Gasteiger partial charge in [0.15, 0.2) is 0 Å². The highest BCUT2D eigenvalue weighted by molar-refractivity contribution is 5.10. The second kappa shape index (κ2) is 4.51. The average Bonchev–Trinajstić information content (AvgIpc) is 2.30. The maximum atomic E-state index is 9.45. The monoisotopic (exact) mass is 208 g/mol. The van der Waals surface area contributed by atoms with E-state index >= 15 is 0 Å². The van der Waals surface area contributed by atoms with E-state index in [2.05, 4.69) is 17.9 Å². The summed E-state index contributed by atoms with van der Waals surface area (Å²) in [7, 11) is 0. The fourth-order valence-electron chi connectivity index (χ4n) is 2.84. The van der Waals surface area contributed by atoms with E-state index in [0.717, 1.165) is 32.5 Å². The van der Waals surface area contributed by atoms with Crippen molar-refractivity contribution in [3.8, 4) is 6.07 Å². The maximum Gasteiger partial charge on any atom is 0.109 e. The Hall–Kier alpha value is -0.590. The van der Waals surface area contributed by atoms with Crippen LogP contribution < -0.4 is 0 Å². The van der Waals surface area contributed by atoms with Crippen LogP contribution in [0.3, 0.4) is 0 Å². The van der Waals surface area contributed by atoms with E-state index in [9.17, 15) is 5.26 Å². The number of nitriles is 1. The maximum absolute atomic E-state index is 9.45. The number of hydrogen-bond donors (Lipinski definition) is 0. The predicted octanol–water partition coefficient (Wildman–Crippen LogP) is 1.93. The highest BCUT2D eigenvalue weighted by Crippen LogP contribution is 2.34. The quantitative estimate of drug-likeness (QED) is 0.660. The topological polar surface area (TPSA) is 36.3 Å². The Labute approximate surface area is 92.0 Å². The minimum atomic E-state index is -0.170. The van der Waals surface area contributed by atoms with Crippen molar-refractivity contribution in [1.29, 1.82) is 5.26 Å². The number of morpholine rings is 1. The van der Waals surface area contributed by atoms with Crippen molar-refractivity contribution in [2.75, 3.05) is 19.7 Å². The van der Waals surface area contributed by atoms with Crippen molar-refractivity contribution in [2.24, 2.45) is 0 Å². The molecular weight excluding hydrogens is 188 g/mol. The van der Waals surface area contributed by atoms with Gasteiger partial charge in [-0.3, -0.25) is 4.90 Å². The summed E-state index contributed by atoms with van der Waals surface area (Å²) in [5.74, 6) is 0. The van der Waals surface area contributed by atoms with Gasteiger partial charge in [0.2, 0.25) is 0 Å². The minimum absolute atomic E-state index is 0.170. The third-order valence-electron chi connectivity index (χ3n) is 3.74. The Balaban J connectivity index is 2.07. The smallest absolute Gasteiger partial charge is 0.109 e. The molecule has 0 radical (unpaired) electrons. The Kier molecular flexibility index (Phi) is 3.28. The van der Waals surface area contributed by atoms with Gasteiger partial charge in [0.25, 0.3) is 0 Å². The van der Waals surface area contributed by atoms with Crippen molar-refractivity contribution in [1.82, 2.24) is 4.90 Å². The SMILES string of the molecule is C[C@@H]1CN(C2(C#N)CCCCC2)CCO1. The van der Waals surface area contributed by atoms with Crippen molar-refractivity contribution >= 4 is 0 Å². The zero-order valence-corrected chi connectivity index (χ0v) is 9.54. The van der Waals surface area contributed by atoms with Crippen LogP contribution in [0.1, 0.15) is 39.0 Å². The summed E-state index contributed by atoms with van der Waals surface area (Å²) >= 11 is 0. The van der Waals surface area contributed by atoms with Gasteiger partial charge in [-0.2, -0.15) is 5.26 Å². The summed E-state index contributed by atoms with van der Waals surface area (Å²) in [5.41, 5.74) is -0.170. The molecule has 15 heavy (non-hydrogen) atoms. The van der Waals surface area contributed by atoms with Crippen molar-refractivity contribution in [3.63, 3.8) is 0 Å². The first-order chi connectivity index (χ1) is 7.27. The molecule has 3 nitrogen and oxygen atoms in total. The molecule has 0 unspecified atom stereocenters. The molecule has 0 aromatic rings. The normalized spacial score (nSPS) is 32.1. The molecular formula is C12H20N2O. The Bertz CT molecular complexity index is 253. The van der Waals surface area contributed by atoms with Crippen LogP contribution in [0.2, 0.25) is 0 Å². The van der Waals surface area contributed by atoms with Gasteiger partial charge in [-0.15, -0.1) is 0 Å². The lowest BCUT2D eigenvalue weighted by atomic mass is 9.81. The first kappa shape index (κ1) is 10.9. The van der Waals surface area contributed by atoms with E-state index in [1.807, 2.05) is 0 Å². The number of hydrogen-bond acceptors (Lipinski definition) is 3. The third kappa shape index (κ3) is 2.16. The number of rotatable bonds is 1. The molecule has 0 aromatic heterocycles. The fourth-order valence-corrected chi connectivity index (χ4v) is 2.84. The molecule has 1 saturated carbocycles. The second-order valence-corrected chi connectivity index (χ2v) is 4.83. The van der Waals surface area contributed by atoms with Gasteiger partial charge in [0, 0.05) is 13.1 Å². The lowest BCUT2D eigenvalue weighted by molar-refractivity contribution is -0.0565. The van der Waals surface area contributed by atoms with Crippen LogP contribution in [0, 0.1) is 11.3 Å². The minimum Gasteiger partial charge on any atom is -0.376 e. The Morgan fingerprint density at radius 1 is 1.33 bits per heavy atom. The van der Waals surface area contributed by atoms with E-state index in [4.69, 9.17) is 4.74 Å². The highest BCUT2D eigenvalue weighted by Gasteiger charge is 2.39. The van der Waals surface area contributed by atoms with Crippen LogP contribution in [-0.4, -0.2) is 36.2 Å². The molecule has 0 aromatic carbocycles.